The first-order valence-corrected chi connectivity index (χ1v) is 8.04. The molecule has 0 spiro atoms. The second-order valence-corrected chi connectivity index (χ2v) is 5.84. The minimum absolute atomic E-state index is 0.0322. The summed E-state index contributed by atoms with van der Waals surface area (Å²) >= 11 is 0. The fourth-order valence-electron chi connectivity index (χ4n) is 3.23. The highest BCUT2D eigenvalue weighted by Gasteiger charge is 2.24. The molecule has 0 bridgehead atoms. The van der Waals surface area contributed by atoms with Crippen LogP contribution in [-0.4, -0.2) is 20.7 Å². The largest absolute Gasteiger partial charge is 0.376 e. The Morgan fingerprint density at radius 3 is 2.22 bits per heavy atom. The third-order valence-electron chi connectivity index (χ3n) is 4.37. The van der Waals surface area contributed by atoms with Gasteiger partial charge in [-0.05, 0) is 28.9 Å². The molecule has 1 N–H and O–H groups in total. The van der Waals surface area contributed by atoms with Crippen LogP contribution in [-0.2, 0) is 4.74 Å². The number of hydrogen-bond acceptors (Lipinski definition) is 2. The highest BCUT2D eigenvalue weighted by Crippen LogP contribution is 2.34. The lowest BCUT2D eigenvalue weighted by atomic mass is 9.87. The molecule has 0 aliphatic rings. The fourth-order valence-corrected chi connectivity index (χ4v) is 3.23. The molecule has 0 saturated carbocycles. The van der Waals surface area contributed by atoms with Gasteiger partial charge in [0.25, 0.3) is 0 Å². The summed E-state index contributed by atoms with van der Waals surface area (Å²) in [4.78, 5) is 0. The van der Waals surface area contributed by atoms with Gasteiger partial charge in [0.15, 0.2) is 0 Å². The van der Waals surface area contributed by atoms with Crippen molar-refractivity contribution in [3.05, 3.63) is 83.9 Å². The zero-order valence-electron chi connectivity index (χ0n) is 13.7. The Balaban J connectivity index is 2.01. The molecule has 0 amide bonds. The number of likely N-dealkylation sites (N-methyl/N-ethyl adjacent to an activating group) is 1. The summed E-state index contributed by atoms with van der Waals surface area (Å²) in [5.74, 6) is 0.261. The zero-order valence-corrected chi connectivity index (χ0v) is 13.7. The van der Waals surface area contributed by atoms with Crippen molar-refractivity contribution in [2.45, 2.75) is 12.0 Å². The van der Waals surface area contributed by atoms with Crippen molar-refractivity contribution in [1.29, 1.82) is 0 Å². The molecule has 2 heteroatoms. The number of methoxy groups -OCH3 is 1. The molecule has 0 aromatic heterocycles. The summed E-state index contributed by atoms with van der Waals surface area (Å²) in [5.41, 5.74) is 2.51. The Labute approximate surface area is 138 Å². The van der Waals surface area contributed by atoms with Gasteiger partial charge in [-0.1, -0.05) is 72.8 Å². The van der Waals surface area contributed by atoms with E-state index in [0.717, 1.165) is 6.54 Å². The van der Waals surface area contributed by atoms with Crippen molar-refractivity contribution in [3.8, 4) is 0 Å². The standard InChI is InChI=1S/C21H23NO/c1-22-15-20(21(23-2)17-9-4-3-5-10-17)19-13-12-16-8-6-7-11-18(16)14-19/h3-14,20-22H,15H2,1-2H3/t20-,21+/m0/s1. The van der Waals surface area contributed by atoms with Crippen LogP contribution in [0.1, 0.15) is 23.1 Å². The molecule has 0 unspecified atom stereocenters. The first-order valence-electron chi connectivity index (χ1n) is 8.04. The Bertz CT molecular complexity index is 754. The molecule has 3 aromatic carbocycles. The van der Waals surface area contributed by atoms with Gasteiger partial charge in [0.1, 0.15) is 0 Å². The first kappa shape index (κ1) is 15.7. The molecule has 0 saturated heterocycles. The Morgan fingerprint density at radius 1 is 0.826 bits per heavy atom. The second-order valence-electron chi connectivity index (χ2n) is 5.84. The van der Waals surface area contributed by atoms with E-state index < -0.39 is 0 Å². The van der Waals surface area contributed by atoms with Crippen molar-refractivity contribution in [2.75, 3.05) is 20.7 Å². The van der Waals surface area contributed by atoms with Crippen LogP contribution >= 0.6 is 0 Å². The molecule has 0 heterocycles. The molecule has 3 aromatic rings. The van der Waals surface area contributed by atoms with E-state index in [-0.39, 0.29) is 12.0 Å². The van der Waals surface area contributed by atoms with E-state index >= 15 is 0 Å². The predicted molar refractivity (Wildman–Crippen MR) is 96.8 cm³/mol. The van der Waals surface area contributed by atoms with Crippen LogP contribution in [0.4, 0.5) is 0 Å². The Morgan fingerprint density at radius 2 is 1.52 bits per heavy atom. The molecule has 3 rings (SSSR count). The predicted octanol–water partition coefficient (Wildman–Crippen LogP) is 4.53. The molecule has 23 heavy (non-hydrogen) atoms. The van der Waals surface area contributed by atoms with Crippen LogP contribution in [0.3, 0.4) is 0 Å². The topological polar surface area (TPSA) is 21.3 Å². The van der Waals surface area contributed by atoms with Crippen molar-refractivity contribution in [2.24, 2.45) is 0 Å². The number of nitrogens with one attached hydrogen (secondary N) is 1. The van der Waals surface area contributed by atoms with E-state index in [2.05, 4.69) is 72.0 Å². The maximum absolute atomic E-state index is 5.88. The fraction of sp³-hybridized carbons (Fsp3) is 0.238. The van der Waals surface area contributed by atoms with Gasteiger partial charge in [-0.15, -0.1) is 0 Å². The number of rotatable bonds is 6. The summed E-state index contributed by atoms with van der Waals surface area (Å²) in [6, 6.07) is 25.6. The number of ether oxygens (including phenoxy) is 1. The lowest BCUT2D eigenvalue weighted by molar-refractivity contribution is 0.0787. The molecule has 0 fully saturated rings. The third-order valence-corrected chi connectivity index (χ3v) is 4.37. The second kappa shape index (κ2) is 7.40. The highest BCUT2D eigenvalue weighted by atomic mass is 16.5. The molecule has 0 aliphatic carbocycles. The molecule has 0 aliphatic heterocycles. The van der Waals surface area contributed by atoms with Gasteiger partial charge in [0.05, 0.1) is 6.10 Å². The van der Waals surface area contributed by atoms with Crippen LogP contribution in [0, 0.1) is 0 Å². The van der Waals surface area contributed by atoms with Crippen molar-refractivity contribution in [1.82, 2.24) is 5.32 Å². The molecule has 2 nitrogen and oxygen atoms in total. The van der Waals surface area contributed by atoms with E-state index in [4.69, 9.17) is 4.74 Å². The quantitative estimate of drug-likeness (QED) is 0.722. The highest BCUT2D eigenvalue weighted by molar-refractivity contribution is 5.83. The first-order chi connectivity index (χ1) is 11.3. The molecule has 0 radical (unpaired) electrons. The summed E-state index contributed by atoms with van der Waals surface area (Å²) in [5, 5.41) is 5.86. The summed E-state index contributed by atoms with van der Waals surface area (Å²) in [6.45, 7) is 0.867. The van der Waals surface area contributed by atoms with E-state index in [1.165, 1.54) is 21.9 Å². The van der Waals surface area contributed by atoms with Crippen LogP contribution in [0.5, 0.6) is 0 Å². The van der Waals surface area contributed by atoms with Gasteiger partial charge in [0.2, 0.25) is 0 Å². The summed E-state index contributed by atoms with van der Waals surface area (Å²) in [6.07, 6.45) is 0.0322. The van der Waals surface area contributed by atoms with Crippen LogP contribution < -0.4 is 5.32 Å². The minimum Gasteiger partial charge on any atom is -0.376 e. The van der Waals surface area contributed by atoms with E-state index in [0.29, 0.717) is 0 Å². The van der Waals surface area contributed by atoms with Gasteiger partial charge in [-0.25, -0.2) is 0 Å². The van der Waals surface area contributed by atoms with Crippen molar-refractivity contribution in [3.63, 3.8) is 0 Å². The maximum Gasteiger partial charge on any atom is 0.0901 e. The molecule has 2 atom stereocenters. The zero-order chi connectivity index (χ0) is 16.1. The normalized spacial score (nSPS) is 13.8. The Kier molecular flexibility index (Phi) is 5.06. The van der Waals surface area contributed by atoms with Crippen molar-refractivity contribution >= 4 is 10.8 Å². The SMILES string of the molecule is CNC[C@@H](c1ccc2ccccc2c1)[C@H](OC)c1ccccc1. The maximum atomic E-state index is 5.88. The van der Waals surface area contributed by atoms with Crippen LogP contribution in [0.25, 0.3) is 10.8 Å². The van der Waals surface area contributed by atoms with Crippen LogP contribution in [0.15, 0.2) is 72.8 Å². The lowest BCUT2D eigenvalue weighted by Crippen LogP contribution is -2.24. The molecular formula is C21H23NO. The molecule has 118 valence electrons. The molecular weight excluding hydrogens is 282 g/mol. The summed E-state index contributed by atoms with van der Waals surface area (Å²) < 4.78 is 5.88. The third kappa shape index (κ3) is 3.44. The average Bonchev–Trinajstić information content (AvgIpc) is 2.62. The van der Waals surface area contributed by atoms with Crippen molar-refractivity contribution < 1.29 is 4.74 Å². The number of benzene rings is 3. The van der Waals surface area contributed by atoms with Gasteiger partial charge in [0, 0.05) is 19.6 Å². The van der Waals surface area contributed by atoms with E-state index in [1.807, 2.05) is 13.1 Å². The van der Waals surface area contributed by atoms with Gasteiger partial charge in [-0.3, -0.25) is 0 Å². The summed E-state index contributed by atoms with van der Waals surface area (Å²) in [7, 11) is 3.78. The van der Waals surface area contributed by atoms with Crippen LogP contribution in [0.2, 0.25) is 0 Å². The smallest absolute Gasteiger partial charge is 0.0901 e. The minimum atomic E-state index is 0.0322. The van der Waals surface area contributed by atoms with Gasteiger partial charge < -0.3 is 10.1 Å². The van der Waals surface area contributed by atoms with E-state index in [1.54, 1.807) is 7.11 Å². The number of hydrogen-bond donors (Lipinski definition) is 1. The van der Waals surface area contributed by atoms with E-state index in [9.17, 15) is 0 Å². The number of fused-ring (bicyclic) bond motifs is 1. The monoisotopic (exact) mass is 305 g/mol. The van der Waals surface area contributed by atoms with Gasteiger partial charge >= 0.3 is 0 Å². The Hall–Kier alpha value is -2.16. The average molecular weight is 305 g/mol. The van der Waals surface area contributed by atoms with Gasteiger partial charge in [-0.2, -0.15) is 0 Å². The lowest BCUT2D eigenvalue weighted by Gasteiger charge is -2.27.